The molecule has 0 spiro atoms. The number of benzene rings is 1. The Bertz CT molecular complexity index is 916. The van der Waals surface area contributed by atoms with Crippen molar-refractivity contribution in [1.29, 1.82) is 0 Å². The molecule has 7 heteroatoms. The van der Waals surface area contributed by atoms with Crippen LogP contribution in [0.25, 0.3) is 10.9 Å². The maximum Gasteiger partial charge on any atom is 0.142 e. The van der Waals surface area contributed by atoms with Crippen LogP contribution < -0.4 is 0 Å². The molecule has 2 saturated carbocycles. The van der Waals surface area contributed by atoms with Gasteiger partial charge in [-0.2, -0.15) is 5.10 Å². The zero-order valence-corrected chi connectivity index (χ0v) is 17.0. The predicted octanol–water partition coefficient (Wildman–Crippen LogP) is 3.56. The van der Waals surface area contributed by atoms with Crippen LogP contribution in [0.3, 0.4) is 0 Å². The number of hydrogen-bond donors (Lipinski definition) is 2. The number of nitrogens with zero attached hydrogens (tertiary/aromatic N) is 3. The highest BCUT2D eigenvalue weighted by Gasteiger charge is 2.55. The van der Waals surface area contributed by atoms with E-state index in [-0.39, 0.29) is 23.0 Å². The molecule has 5 nitrogen and oxygen atoms in total. The van der Waals surface area contributed by atoms with Gasteiger partial charge in [0.25, 0.3) is 0 Å². The summed E-state index contributed by atoms with van der Waals surface area (Å²) in [4.78, 5) is 2.23. The van der Waals surface area contributed by atoms with Crippen molar-refractivity contribution in [3.8, 4) is 0 Å². The first-order chi connectivity index (χ1) is 13.3. The molecule has 3 heterocycles. The Morgan fingerprint density at radius 3 is 2.61 bits per heavy atom. The monoisotopic (exact) mass is 407 g/mol. The summed E-state index contributed by atoms with van der Waals surface area (Å²) in [6, 6.07) is 3.55. The molecule has 0 amide bonds. The molecule has 6 rings (SSSR count). The van der Waals surface area contributed by atoms with E-state index in [0.717, 1.165) is 43.3 Å². The second-order valence-corrected chi connectivity index (χ2v) is 9.69. The maximum atomic E-state index is 14.0. The summed E-state index contributed by atoms with van der Waals surface area (Å²) in [6.45, 7) is 2.01. The van der Waals surface area contributed by atoms with Crippen LogP contribution >= 0.6 is 11.6 Å². The van der Waals surface area contributed by atoms with Gasteiger partial charge < -0.3 is 10.2 Å². The van der Waals surface area contributed by atoms with Gasteiger partial charge in [0.15, 0.2) is 0 Å². The quantitative estimate of drug-likeness (QED) is 0.813. The van der Waals surface area contributed by atoms with Crippen molar-refractivity contribution in [1.82, 2.24) is 14.7 Å². The van der Waals surface area contributed by atoms with Crippen molar-refractivity contribution in [2.45, 2.75) is 75.3 Å². The Labute approximate surface area is 169 Å². The third kappa shape index (κ3) is 2.80. The van der Waals surface area contributed by atoms with Gasteiger partial charge in [0, 0.05) is 30.4 Å². The van der Waals surface area contributed by atoms with E-state index >= 15 is 0 Å². The van der Waals surface area contributed by atoms with Crippen LogP contribution in [0.2, 0.25) is 5.02 Å². The van der Waals surface area contributed by atoms with Crippen LogP contribution in [0.1, 0.15) is 57.1 Å². The molecule has 4 bridgehead atoms. The predicted molar refractivity (Wildman–Crippen MR) is 106 cm³/mol. The Morgan fingerprint density at radius 1 is 1.29 bits per heavy atom. The first-order valence-electron chi connectivity index (χ1n) is 10.2. The Balaban J connectivity index is 1.40. The topological polar surface area (TPSA) is 61.5 Å². The van der Waals surface area contributed by atoms with Gasteiger partial charge in [-0.3, -0.25) is 9.58 Å². The van der Waals surface area contributed by atoms with E-state index in [4.69, 9.17) is 11.6 Å². The number of hydrogen-bond acceptors (Lipinski definition) is 4. The molecular weight excluding hydrogens is 381 g/mol. The minimum atomic E-state index is -0.599. The zero-order valence-electron chi connectivity index (χ0n) is 16.3. The molecule has 4 fully saturated rings. The van der Waals surface area contributed by atoms with Gasteiger partial charge in [0.05, 0.1) is 21.8 Å². The molecule has 1 aromatic carbocycles. The van der Waals surface area contributed by atoms with Crippen molar-refractivity contribution in [3.63, 3.8) is 0 Å². The smallest absolute Gasteiger partial charge is 0.142 e. The number of fused-ring (bicyclic) bond motifs is 1. The molecule has 2 saturated heterocycles. The van der Waals surface area contributed by atoms with E-state index < -0.39 is 17.6 Å². The summed E-state index contributed by atoms with van der Waals surface area (Å²) in [5.74, 6) is 0.0670. The van der Waals surface area contributed by atoms with Crippen LogP contribution in [0, 0.1) is 11.7 Å². The molecule has 28 heavy (non-hydrogen) atoms. The van der Waals surface area contributed by atoms with Crippen LogP contribution in [-0.2, 0) is 7.05 Å². The highest BCUT2D eigenvalue weighted by atomic mass is 35.5. The molecule has 2 aromatic rings. The summed E-state index contributed by atoms with van der Waals surface area (Å²) in [5.41, 5.74) is 0.991. The summed E-state index contributed by atoms with van der Waals surface area (Å²) >= 11 is 6.26. The molecule has 152 valence electrons. The number of aromatic nitrogens is 2. The fraction of sp³-hybridized carbons (Fsp3) is 0.667. The summed E-state index contributed by atoms with van der Waals surface area (Å²) in [5, 5.41) is 27.2. The largest absolute Gasteiger partial charge is 0.390 e. The van der Waals surface area contributed by atoms with Crippen molar-refractivity contribution in [2.24, 2.45) is 13.0 Å². The van der Waals surface area contributed by atoms with E-state index in [1.54, 1.807) is 10.7 Å². The molecule has 2 aliphatic carbocycles. The van der Waals surface area contributed by atoms with Crippen molar-refractivity contribution in [2.75, 3.05) is 0 Å². The summed E-state index contributed by atoms with van der Waals surface area (Å²) in [6.07, 6.45) is 4.48. The molecule has 4 unspecified atom stereocenters. The van der Waals surface area contributed by atoms with E-state index in [1.807, 2.05) is 14.0 Å². The van der Waals surface area contributed by atoms with Crippen LogP contribution in [0.4, 0.5) is 4.39 Å². The summed E-state index contributed by atoms with van der Waals surface area (Å²) < 4.78 is 15.8. The average molecular weight is 408 g/mol. The molecule has 1 aromatic heterocycles. The minimum Gasteiger partial charge on any atom is -0.390 e. The first-order valence-corrected chi connectivity index (χ1v) is 10.6. The fourth-order valence-electron chi connectivity index (χ4n) is 6.32. The Kier molecular flexibility index (Phi) is 4.29. The van der Waals surface area contributed by atoms with E-state index in [2.05, 4.69) is 10.00 Å². The SMILES string of the molecule is CC(CC(O)N1C2CC3CC1CC(O)(C3)C2)c1nn(C)c2ccc(F)c(Cl)c12. The van der Waals surface area contributed by atoms with Gasteiger partial charge in [0.2, 0.25) is 0 Å². The van der Waals surface area contributed by atoms with Crippen molar-refractivity contribution >= 4 is 22.5 Å². The Morgan fingerprint density at radius 2 is 1.96 bits per heavy atom. The third-order valence-electron chi connectivity index (χ3n) is 7.26. The number of halogens is 2. The van der Waals surface area contributed by atoms with E-state index in [9.17, 15) is 14.6 Å². The van der Waals surface area contributed by atoms with Crippen LogP contribution in [0.15, 0.2) is 12.1 Å². The van der Waals surface area contributed by atoms with Gasteiger partial charge in [-0.25, -0.2) is 4.39 Å². The van der Waals surface area contributed by atoms with Crippen LogP contribution in [0.5, 0.6) is 0 Å². The van der Waals surface area contributed by atoms with Crippen molar-refractivity contribution in [3.05, 3.63) is 28.7 Å². The van der Waals surface area contributed by atoms with Crippen LogP contribution in [-0.4, -0.2) is 48.8 Å². The Hall–Kier alpha value is -1.21. The zero-order chi connectivity index (χ0) is 19.8. The number of rotatable bonds is 4. The number of piperidine rings is 2. The second-order valence-electron chi connectivity index (χ2n) is 9.31. The molecule has 4 aliphatic rings. The molecule has 4 atom stereocenters. The fourth-order valence-corrected chi connectivity index (χ4v) is 6.57. The molecule has 2 N–H and O–H groups in total. The number of aryl methyl sites for hydroxylation is 1. The highest BCUT2D eigenvalue weighted by Crippen LogP contribution is 2.52. The standard InChI is InChI=1S/C21H27ClFN3O2/c1-11(20-18-16(25(2)24-20)4-3-15(23)19(18)22)5-17(27)26-13-6-12-7-14(26)10-21(28,8-12)9-13/h3-4,11-14,17,27-28H,5-10H2,1-2H3. The van der Waals surface area contributed by atoms with Gasteiger partial charge in [-0.1, -0.05) is 18.5 Å². The minimum absolute atomic E-state index is 0.0710. The molecular formula is C21H27ClFN3O2. The second kappa shape index (κ2) is 6.39. The average Bonchev–Trinajstić information content (AvgIpc) is 2.93. The molecule has 0 radical (unpaired) electrons. The summed E-state index contributed by atoms with van der Waals surface area (Å²) in [7, 11) is 1.82. The van der Waals surface area contributed by atoms with Gasteiger partial charge in [-0.15, -0.1) is 0 Å². The third-order valence-corrected chi connectivity index (χ3v) is 7.63. The van der Waals surface area contributed by atoms with Gasteiger partial charge >= 0.3 is 0 Å². The molecule has 2 aliphatic heterocycles. The lowest BCUT2D eigenvalue weighted by Crippen LogP contribution is -2.66. The van der Waals surface area contributed by atoms with Gasteiger partial charge in [0.1, 0.15) is 12.0 Å². The maximum absolute atomic E-state index is 14.0. The van der Waals surface area contributed by atoms with E-state index in [1.165, 1.54) is 6.07 Å². The normalized spacial score (nSPS) is 34.3. The lowest BCUT2D eigenvalue weighted by Gasteiger charge is -2.60. The lowest BCUT2D eigenvalue weighted by atomic mass is 9.61. The van der Waals surface area contributed by atoms with E-state index in [0.29, 0.717) is 17.7 Å². The highest BCUT2D eigenvalue weighted by molar-refractivity contribution is 6.35. The van der Waals surface area contributed by atoms with Crippen molar-refractivity contribution < 1.29 is 14.6 Å². The first kappa shape index (κ1) is 18.8. The number of aliphatic hydroxyl groups excluding tert-OH is 1. The number of aliphatic hydroxyl groups is 2. The lowest BCUT2D eigenvalue weighted by molar-refractivity contribution is -0.199. The van der Waals surface area contributed by atoms with Gasteiger partial charge in [-0.05, 0) is 56.6 Å².